The number of fused-ring (bicyclic) bond motifs is 1. The first-order valence-corrected chi connectivity index (χ1v) is 7.99. The molecule has 2 aliphatic rings. The predicted octanol–water partition coefficient (Wildman–Crippen LogP) is 1.67. The molecule has 6 nitrogen and oxygen atoms in total. The van der Waals surface area contributed by atoms with E-state index < -0.39 is 11.7 Å². The summed E-state index contributed by atoms with van der Waals surface area (Å²) in [6.45, 7) is 6.60. The van der Waals surface area contributed by atoms with E-state index in [0.29, 0.717) is 6.54 Å². The van der Waals surface area contributed by atoms with E-state index in [9.17, 15) is 4.79 Å². The number of amides is 1. The Balaban J connectivity index is 1.83. The van der Waals surface area contributed by atoms with Crippen LogP contribution in [0.1, 0.15) is 32.8 Å². The normalized spacial score (nSPS) is 32.7. The molecule has 0 spiro atoms. The van der Waals surface area contributed by atoms with Crippen LogP contribution in [0.5, 0.6) is 0 Å². The smallest absolute Gasteiger partial charge is 0.245 e. The van der Waals surface area contributed by atoms with Gasteiger partial charge >= 0.3 is 0 Å². The highest BCUT2D eigenvalue weighted by molar-refractivity contribution is 5.75. The molecule has 2 fully saturated rings. The SMILES string of the molecule is C[C@H]1[C@H]2OC(C)(C)O[C@H]2[C@H](CC(=O)NO)N1Cc1ccccc1. The number of nitrogens with zero attached hydrogens (tertiary/aromatic N) is 1. The molecule has 2 aliphatic heterocycles. The van der Waals surface area contributed by atoms with Crippen LogP contribution in [0.15, 0.2) is 30.3 Å². The lowest BCUT2D eigenvalue weighted by molar-refractivity contribution is -0.169. The summed E-state index contributed by atoms with van der Waals surface area (Å²) in [5.74, 6) is -1.05. The van der Waals surface area contributed by atoms with Crippen molar-refractivity contribution in [2.24, 2.45) is 0 Å². The highest BCUT2D eigenvalue weighted by Gasteiger charge is 2.56. The lowest BCUT2D eigenvalue weighted by atomic mass is 10.1. The molecule has 0 aromatic heterocycles. The van der Waals surface area contributed by atoms with Crippen molar-refractivity contribution in [3.8, 4) is 0 Å². The van der Waals surface area contributed by atoms with Gasteiger partial charge in [-0.1, -0.05) is 30.3 Å². The minimum Gasteiger partial charge on any atom is -0.343 e. The van der Waals surface area contributed by atoms with Crippen molar-refractivity contribution in [3.63, 3.8) is 0 Å². The van der Waals surface area contributed by atoms with E-state index in [-0.39, 0.29) is 30.7 Å². The number of rotatable bonds is 4. The maximum absolute atomic E-state index is 11.7. The van der Waals surface area contributed by atoms with Crippen LogP contribution >= 0.6 is 0 Å². The van der Waals surface area contributed by atoms with E-state index in [1.54, 1.807) is 5.48 Å². The topological polar surface area (TPSA) is 71.0 Å². The zero-order valence-corrected chi connectivity index (χ0v) is 13.7. The van der Waals surface area contributed by atoms with Gasteiger partial charge in [0.05, 0.1) is 0 Å². The van der Waals surface area contributed by atoms with Crippen LogP contribution in [0.2, 0.25) is 0 Å². The summed E-state index contributed by atoms with van der Waals surface area (Å²) in [5.41, 5.74) is 2.90. The Morgan fingerprint density at radius 3 is 2.57 bits per heavy atom. The first kappa shape index (κ1) is 16.4. The molecule has 0 aliphatic carbocycles. The van der Waals surface area contributed by atoms with Crippen molar-refractivity contribution in [1.29, 1.82) is 0 Å². The van der Waals surface area contributed by atoms with Crippen LogP contribution in [0.3, 0.4) is 0 Å². The quantitative estimate of drug-likeness (QED) is 0.652. The molecule has 0 bridgehead atoms. The molecular weight excluding hydrogens is 296 g/mol. The van der Waals surface area contributed by atoms with Crippen molar-refractivity contribution in [2.75, 3.05) is 0 Å². The molecule has 2 N–H and O–H groups in total. The zero-order valence-electron chi connectivity index (χ0n) is 13.7. The van der Waals surface area contributed by atoms with Crippen molar-refractivity contribution in [2.45, 2.75) is 63.8 Å². The molecule has 126 valence electrons. The van der Waals surface area contributed by atoms with Gasteiger partial charge in [0.1, 0.15) is 12.2 Å². The fourth-order valence-electron chi connectivity index (χ4n) is 3.69. The fraction of sp³-hybridized carbons (Fsp3) is 0.588. The van der Waals surface area contributed by atoms with Gasteiger partial charge in [-0.3, -0.25) is 14.9 Å². The highest BCUT2D eigenvalue weighted by Crippen LogP contribution is 2.41. The van der Waals surface area contributed by atoms with E-state index in [1.807, 2.05) is 32.0 Å². The average molecular weight is 320 g/mol. The van der Waals surface area contributed by atoms with Gasteiger partial charge < -0.3 is 9.47 Å². The number of carbonyl (C=O) groups excluding carboxylic acids is 1. The fourth-order valence-corrected chi connectivity index (χ4v) is 3.69. The summed E-state index contributed by atoms with van der Waals surface area (Å²) in [6.07, 6.45) is -0.0833. The lowest BCUT2D eigenvalue weighted by Crippen LogP contribution is -2.43. The molecule has 0 radical (unpaired) electrons. The van der Waals surface area contributed by atoms with Crippen LogP contribution in [-0.4, -0.2) is 46.1 Å². The van der Waals surface area contributed by atoms with Gasteiger partial charge in [0.2, 0.25) is 5.91 Å². The number of hydroxylamine groups is 1. The van der Waals surface area contributed by atoms with Gasteiger partial charge in [-0.25, -0.2) is 5.48 Å². The van der Waals surface area contributed by atoms with Gasteiger partial charge in [0.15, 0.2) is 5.79 Å². The molecule has 2 heterocycles. The van der Waals surface area contributed by atoms with E-state index in [1.165, 1.54) is 5.56 Å². The van der Waals surface area contributed by atoms with E-state index >= 15 is 0 Å². The molecule has 1 aromatic rings. The predicted molar refractivity (Wildman–Crippen MR) is 83.6 cm³/mol. The van der Waals surface area contributed by atoms with Crippen molar-refractivity contribution >= 4 is 5.91 Å². The largest absolute Gasteiger partial charge is 0.343 e. The number of ether oxygens (including phenoxy) is 2. The molecule has 4 atom stereocenters. The first-order chi connectivity index (χ1) is 10.9. The average Bonchev–Trinajstić information content (AvgIpc) is 2.95. The third-order valence-corrected chi connectivity index (χ3v) is 4.69. The second kappa shape index (κ2) is 6.20. The Labute approximate surface area is 136 Å². The van der Waals surface area contributed by atoms with Crippen molar-refractivity contribution in [3.05, 3.63) is 35.9 Å². The number of likely N-dealkylation sites (tertiary alicyclic amines) is 1. The number of hydrogen-bond acceptors (Lipinski definition) is 5. The number of nitrogens with one attached hydrogen (secondary N) is 1. The zero-order chi connectivity index (χ0) is 16.6. The van der Waals surface area contributed by atoms with Crippen molar-refractivity contribution < 1.29 is 19.5 Å². The third kappa shape index (κ3) is 3.26. The molecule has 6 heteroatoms. The lowest BCUT2D eigenvalue weighted by Gasteiger charge is -2.32. The summed E-state index contributed by atoms with van der Waals surface area (Å²) < 4.78 is 12.1. The van der Waals surface area contributed by atoms with Crippen LogP contribution in [0.25, 0.3) is 0 Å². The first-order valence-electron chi connectivity index (χ1n) is 7.99. The third-order valence-electron chi connectivity index (χ3n) is 4.69. The standard InChI is InChI=1S/C17H24N2O4/c1-11-15-16(23-17(2,3)22-15)13(9-14(20)18-21)19(11)10-12-7-5-4-6-8-12/h4-8,11,13,15-16,21H,9-10H2,1-3H3,(H,18,20)/t11-,13-,15+,16-/m0/s1. The van der Waals surface area contributed by atoms with Crippen molar-refractivity contribution in [1.82, 2.24) is 10.4 Å². The number of carbonyl (C=O) groups is 1. The summed E-state index contributed by atoms with van der Waals surface area (Å²) in [7, 11) is 0. The molecule has 0 saturated carbocycles. The minimum atomic E-state index is -0.642. The van der Waals surface area contributed by atoms with Crippen LogP contribution < -0.4 is 5.48 Å². The van der Waals surface area contributed by atoms with E-state index in [2.05, 4.69) is 24.0 Å². The van der Waals surface area contributed by atoms with Crippen LogP contribution in [-0.2, 0) is 20.8 Å². The van der Waals surface area contributed by atoms with Gasteiger partial charge in [-0.15, -0.1) is 0 Å². The summed E-state index contributed by atoms with van der Waals surface area (Å²) in [5, 5.41) is 8.89. The highest BCUT2D eigenvalue weighted by atomic mass is 16.8. The van der Waals surface area contributed by atoms with Gasteiger partial charge in [0.25, 0.3) is 0 Å². The maximum atomic E-state index is 11.7. The Hall–Kier alpha value is -1.47. The second-order valence-electron chi connectivity index (χ2n) is 6.77. The maximum Gasteiger partial charge on any atom is 0.245 e. The summed E-state index contributed by atoms with van der Waals surface area (Å²) in [4.78, 5) is 14.0. The molecule has 1 amide bonds. The molecule has 0 unspecified atom stereocenters. The second-order valence-corrected chi connectivity index (χ2v) is 6.77. The molecule has 1 aromatic carbocycles. The Bertz CT molecular complexity index is 563. The Kier molecular flexibility index (Phi) is 4.42. The molecule has 3 rings (SSSR count). The van der Waals surface area contributed by atoms with E-state index in [0.717, 1.165) is 0 Å². The van der Waals surface area contributed by atoms with Crippen LogP contribution in [0.4, 0.5) is 0 Å². The van der Waals surface area contributed by atoms with Crippen LogP contribution in [0, 0.1) is 0 Å². The monoisotopic (exact) mass is 320 g/mol. The van der Waals surface area contributed by atoms with Gasteiger partial charge in [-0.05, 0) is 26.3 Å². The molecule has 2 saturated heterocycles. The molecule has 23 heavy (non-hydrogen) atoms. The minimum absolute atomic E-state index is 0.0785. The van der Waals surface area contributed by atoms with E-state index in [4.69, 9.17) is 14.7 Å². The summed E-state index contributed by atoms with van der Waals surface area (Å²) in [6, 6.07) is 10.1. The van der Waals surface area contributed by atoms with Gasteiger partial charge in [0, 0.05) is 25.0 Å². The summed E-state index contributed by atoms with van der Waals surface area (Å²) >= 11 is 0. The Morgan fingerprint density at radius 2 is 1.91 bits per heavy atom. The molecular formula is C17H24N2O4. The number of hydrogen-bond donors (Lipinski definition) is 2. The van der Waals surface area contributed by atoms with Gasteiger partial charge in [-0.2, -0.15) is 0 Å². The Morgan fingerprint density at radius 1 is 1.26 bits per heavy atom. The number of benzene rings is 1.